The standard InChI is InChI=1S/C2H4O3.2Zn/c1-2(3)4-5-2;;/h3H,1H3;;. The van der Waals surface area contributed by atoms with Crippen LogP contribution in [0.5, 0.6) is 0 Å². The number of hydrogen-bond donors (Lipinski definition) is 1. The van der Waals surface area contributed by atoms with Crippen molar-refractivity contribution in [1.29, 1.82) is 0 Å². The summed E-state index contributed by atoms with van der Waals surface area (Å²) in [5, 5.41) is 8.19. The van der Waals surface area contributed by atoms with Crippen LogP contribution in [0.15, 0.2) is 0 Å². The summed E-state index contributed by atoms with van der Waals surface area (Å²) in [5.41, 5.74) is 0. The molecule has 34 valence electrons. The van der Waals surface area contributed by atoms with E-state index in [2.05, 4.69) is 9.78 Å². The summed E-state index contributed by atoms with van der Waals surface area (Å²) in [6.45, 7) is 1.41. The molecule has 0 unspecified atom stereocenters. The van der Waals surface area contributed by atoms with Gasteiger partial charge in [0.25, 0.3) is 0 Å². The summed E-state index contributed by atoms with van der Waals surface area (Å²) in [4.78, 5) is 7.90. The second-order valence-electron chi connectivity index (χ2n) is 1.06. The zero-order valence-corrected chi connectivity index (χ0v) is 10.1. The van der Waals surface area contributed by atoms with Gasteiger partial charge in [-0.15, -0.1) is 0 Å². The van der Waals surface area contributed by atoms with E-state index in [0.29, 0.717) is 0 Å². The van der Waals surface area contributed by atoms with E-state index >= 15 is 0 Å². The minimum Gasteiger partial charge on any atom is -0.340 e. The van der Waals surface area contributed by atoms with Crippen LogP contribution in [0.3, 0.4) is 0 Å². The average molecular weight is 207 g/mol. The Hall–Kier alpha value is 1.13. The second-order valence-corrected chi connectivity index (χ2v) is 1.06. The molecule has 1 rings (SSSR count). The van der Waals surface area contributed by atoms with Crippen LogP contribution < -0.4 is 0 Å². The van der Waals surface area contributed by atoms with Gasteiger partial charge in [-0.05, 0) is 0 Å². The maximum Gasteiger partial charge on any atom is 0.334 e. The van der Waals surface area contributed by atoms with Gasteiger partial charge in [0.15, 0.2) is 0 Å². The molecule has 0 aromatic rings. The molecule has 0 bridgehead atoms. The molecule has 0 radical (unpaired) electrons. The molecule has 1 N–H and O–H groups in total. The fourth-order valence-electron chi connectivity index (χ4n) is 0.0603. The molecular formula is C2H4O3Zn2. The normalized spacial score (nSPS) is 21.4. The molecule has 1 fully saturated rings. The maximum absolute atomic E-state index is 8.19. The molecule has 0 atom stereocenters. The van der Waals surface area contributed by atoms with Gasteiger partial charge in [0.2, 0.25) is 0 Å². The van der Waals surface area contributed by atoms with E-state index in [1.165, 1.54) is 6.92 Å². The molecule has 1 heterocycles. The van der Waals surface area contributed by atoms with E-state index in [1.807, 2.05) is 0 Å². The first-order valence-electron chi connectivity index (χ1n) is 1.30. The minimum atomic E-state index is -1.25. The molecule has 1 aliphatic rings. The molecule has 0 amide bonds. The summed E-state index contributed by atoms with van der Waals surface area (Å²) in [5.74, 6) is -1.25. The predicted molar refractivity (Wildman–Crippen MR) is 12.8 cm³/mol. The molecule has 7 heavy (non-hydrogen) atoms. The van der Waals surface area contributed by atoms with Crippen LogP contribution in [0, 0.1) is 0 Å². The summed E-state index contributed by atoms with van der Waals surface area (Å²) in [7, 11) is 0. The third-order valence-corrected chi connectivity index (χ3v) is 0.325. The first-order valence-corrected chi connectivity index (χ1v) is 1.30. The van der Waals surface area contributed by atoms with Crippen molar-refractivity contribution in [2.24, 2.45) is 0 Å². The maximum atomic E-state index is 8.19. The average Bonchev–Trinajstić information content (AvgIpc) is 1.76. The summed E-state index contributed by atoms with van der Waals surface area (Å²) < 4.78 is 0. The van der Waals surface area contributed by atoms with E-state index in [4.69, 9.17) is 5.11 Å². The molecule has 3 nitrogen and oxygen atoms in total. The van der Waals surface area contributed by atoms with Crippen molar-refractivity contribution < 1.29 is 53.8 Å². The second kappa shape index (κ2) is 3.21. The van der Waals surface area contributed by atoms with Gasteiger partial charge < -0.3 is 5.11 Å². The first kappa shape index (κ1) is 11.0. The summed E-state index contributed by atoms with van der Waals surface area (Å²) >= 11 is 0. The van der Waals surface area contributed by atoms with Crippen LogP contribution in [-0.2, 0) is 48.7 Å². The Kier molecular flexibility index (Phi) is 5.05. The Labute approximate surface area is 66.8 Å². The van der Waals surface area contributed by atoms with Gasteiger partial charge >= 0.3 is 5.97 Å². The van der Waals surface area contributed by atoms with Gasteiger partial charge in [-0.25, -0.2) is 0 Å². The largest absolute Gasteiger partial charge is 0.340 e. The predicted octanol–water partition coefficient (Wildman–Crippen LogP) is -0.391. The third kappa shape index (κ3) is 4.99. The number of rotatable bonds is 0. The topological polar surface area (TPSA) is 45.3 Å². The smallest absolute Gasteiger partial charge is 0.334 e. The molecule has 0 saturated carbocycles. The van der Waals surface area contributed by atoms with Crippen LogP contribution in [0.2, 0.25) is 0 Å². The van der Waals surface area contributed by atoms with Crippen molar-refractivity contribution >= 4 is 0 Å². The van der Waals surface area contributed by atoms with E-state index < -0.39 is 5.97 Å². The van der Waals surface area contributed by atoms with Crippen LogP contribution in [0.1, 0.15) is 6.92 Å². The monoisotopic (exact) mass is 204 g/mol. The van der Waals surface area contributed by atoms with Gasteiger partial charge in [-0.2, -0.15) is 9.78 Å². The molecule has 0 aromatic carbocycles. The first-order chi connectivity index (χ1) is 2.21. The minimum absolute atomic E-state index is 0. The van der Waals surface area contributed by atoms with Crippen LogP contribution >= 0.6 is 0 Å². The molecule has 5 heteroatoms. The zero-order chi connectivity index (χ0) is 3.91. The SMILES string of the molecule is CC1(O)OO1.[Zn].[Zn]. The molecule has 0 spiro atoms. The van der Waals surface area contributed by atoms with Gasteiger partial charge in [-0.1, -0.05) is 0 Å². The number of hydrogen-bond acceptors (Lipinski definition) is 3. The van der Waals surface area contributed by atoms with Gasteiger partial charge in [-0.3, -0.25) is 0 Å². The molecule has 1 aliphatic heterocycles. The Morgan fingerprint density at radius 3 is 1.43 bits per heavy atom. The van der Waals surface area contributed by atoms with Crippen molar-refractivity contribution in [3.63, 3.8) is 0 Å². The summed E-state index contributed by atoms with van der Waals surface area (Å²) in [6, 6.07) is 0. The number of aliphatic hydroxyl groups is 1. The Bertz CT molecular complexity index is 48.9. The van der Waals surface area contributed by atoms with E-state index in [-0.39, 0.29) is 39.0 Å². The quantitative estimate of drug-likeness (QED) is 0.334. The molecule has 1 saturated heterocycles. The van der Waals surface area contributed by atoms with Crippen molar-refractivity contribution in [3.05, 3.63) is 0 Å². The molecule has 0 aliphatic carbocycles. The van der Waals surface area contributed by atoms with E-state index in [1.54, 1.807) is 0 Å². The Morgan fingerprint density at radius 1 is 1.29 bits per heavy atom. The Morgan fingerprint density at radius 2 is 1.43 bits per heavy atom. The van der Waals surface area contributed by atoms with E-state index in [0.717, 1.165) is 0 Å². The van der Waals surface area contributed by atoms with Crippen molar-refractivity contribution in [3.8, 4) is 0 Å². The third-order valence-electron chi connectivity index (χ3n) is 0.325. The van der Waals surface area contributed by atoms with Gasteiger partial charge in [0.05, 0.1) is 0 Å². The molecule has 0 aromatic heterocycles. The van der Waals surface area contributed by atoms with Crippen molar-refractivity contribution in [2.75, 3.05) is 0 Å². The fourth-order valence-corrected chi connectivity index (χ4v) is 0.0603. The zero-order valence-electron chi connectivity index (χ0n) is 4.18. The van der Waals surface area contributed by atoms with Crippen LogP contribution in [0.25, 0.3) is 0 Å². The van der Waals surface area contributed by atoms with Crippen LogP contribution in [-0.4, -0.2) is 11.1 Å². The summed E-state index contributed by atoms with van der Waals surface area (Å²) in [6.07, 6.45) is 0. The van der Waals surface area contributed by atoms with Crippen molar-refractivity contribution in [1.82, 2.24) is 0 Å². The van der Waals surface area contributed by atoms with E-state index in [9.17, 15) is 0 Å². The van der Waals surface area contributed by atoms with Gasteiger partial charge in [0.1, 0.15) is 0 Å². The van der Waals surface area contributed by atoms with Crippen molar-refractivity contribution in [2.45, 2.75) is 12.9 Å². The van der Waals surface area contributed by atoms with Crippen LogP contribution in [0.4, 0.5) is 0 Å². The molecular weight excluding hydrogens is 203 g/mol. The Balaban J connectivity index is 0. The van der Waals surface area contributed by atoms with Gasteiger partial charge in [0, 0.05) is 45.9 Å². The fraction of sp³-hybridized carbons (Fsp3) is 1.00.